The molecule has 0 unspecified atom stereocenters. The van der Waals surface area contributed by atoms with E-state index in [4.69, 9.17) is 4.42 Å². The fraction of sp³-hybridized carbons (Fsp3) is 0.188. The Labute approximate surface area is 139 Å². The molecule has 0 saturated heterocycles. The summed E-state index contributed by atoms with van der Waals surface area (Å²) in [5, 5.41) is 7.76. The highest BCUT2D eigenvalue weighted by Crippen LogP contribution is 2.17. The van der Waals surface area contributed by atoms with Gasteiger partial charge in [0.05, 0.1) is 11.4 Å². The van der Waals surface area contributed by atoms with Gasteiger partial charge in [-0.25, -0.2) is 13.1 Å². The van der Waals surface area contributed by atoms with Crippen LogP contribution in [-0.4, -0.2) is 23.6 Å². The monoisotopic (exact) mass is 344 g/mol. The summed E-state index contributed by atoms with van der Waals surface area (Å²) < 4.78 is 32.6. The molecule has 24 heavy (non-hydrogen) atoms. The molecule has 0 spiro atoms. The van der Waals surface area contributed by atoms with Crippen LogP contribution in [0.15, 0.2) is 52.0 Å². The van der Waals surface area contributed by atoms with Crippen LogP contribution in [0.5, 0.6) is 0 Å². The number of aromatic nitrogens is 3. The van der Waals surface area contributed by atoms with Crippen LogP contribution in [0.2, 0.25) is 0 Å². The molecule has 0 aliphatic rings. The van der Waals surface area contributed by atoms with Crippen molar-refractivity contribution in [3.05, 3.63) is 59.7 Å². The maximum absolute atomic E-state index is 12.3. The molecule has 0 aliphatic heterocycles. The first-order valence-electron chi connectivity index (χ1n) is 7.25. The summed E-state index contributed by atoms with van der Waals surface area (Å²) in [6, 6.07) is 8.44. The number of sulfonamides is 1. The van der Waals surface area contributed by atoms with E-state index in [0.717, 1.165) is 16.7 Å². The molecule has 1 N–H and O–H groups in total. The lowest BCUT2D eigenvalue weighted by Gasteiger charge is -2.07. The van der Waals surface area contributed by atoms with Gasteiger partial charge >= 0.3 is 0 Å². The van der Waals surface area contributed by atoms with E-state index >= 15 is 0 Å². The average molecular weight is 344 g/mol. The van der Waals surface area contributed by atoms with Gasteiger partial charge in [0.1, 0.15) is 0 Å². The second kappa shape index (κ2) is 6.50. The van der Waals surface area contributed by atoms with Gasteiger partial charge < -0.3 is 4.42 Å². The molecule has 0 atom stereocenters. The lowest BCUT2D eigenvalue weighted by molar-refractivity contribution is 0.494. The molecule has 0 radical (unpaired) electrons. The predicted octanol–water partition coefficient (Wildman–Crippen LogP) is 2.23. The second-order valence-electron chi connectivity index (χ2n) is 5.31. The number of aryl methyl sites for hydroxylation is 2. The van der Waals surface area contributed by atoms with E-state index in [1.54, 1.807) is 42.7 Å². The summed E-state index contributed by atoms with van der Waals surface area (Å²) in [4.78, 5) is 4.12. The molecular formula is C16H16N4O3S. The van der Waals surface area contributed by atoms with Crippen molar-refractivity contribution in [3.63, 3.8) is 0 Å². The molecule has 2 aromatic heterocycles. The smallest absolute Gasteiger partial charge is 0.247 e. The van der Waals surface area contributed by atoms with E-state index < -0.39 is 10.0 Å². The molecule has 3 aromatic rings. The first kappa shape index (κ1) is 16.3. The van der Waals surface area contributed by atoms with Gasteiger partial charge in [-0.3, -0.25) is 4.98 Å². The third-order valence-electron chi connectivity index (χ3n) is 3.60. The van der Waals surface area contributed by atoms with Crippen LogP contribution in [0, 0.1) is 13.8 Å². The van der Waals surface area contributed by atoms with Crippen LogP contribution in [0.1, 0.15) is 17.0 Å². The number of hydrogen-bond acceptors (Lipinski definition) is 6. The molecule has 8 heteroatoms. The van der Waals surface area contributed by atoms with Crippen LogP contribution in [0.3, 0.4) is 0 Å². The predicted molar refractivity (Wildman–Crippen MR) is 87.5 cm³/mol. The summed E-state index contributed by atoms with van der Waals surface area (Å²) in [7, 11) is -3.64. The molecule has 3 rings (SSSR count). The summed E-state index contributed by atoms with van der Waals surface area (Å²) in [5.74, 6) is 0.506. The lowest BCUT2D eigenvalue weighted by Crippen LogP contribution is -2.23. The Morgan fingerprint density at radius 2 is 1.79 bits per heavy atom. The van der Waals surface area contributed by atoms with Gasteiger partial charge in [-0.2, -0.15) is 0 Å². The third kappa shape index (κ3) is 3.50. The molecule has 0 fully saturated rings. The minimum absolute atomic E-state index is 0.0761. The van der Waals surface area contributed by atoms with Crippen molar-refractivity contribution in [2.45, 2.75) is 25.3 Å². The molecule has 0 bridgehead atoms. The van der Waals surface area contributed by atoms with E-state index in [0.29, 0.717) is 5.89 Å². The standard InChI is InChI=1S/C16H16N4O3S/c1-11-3-4-14(9-12(11)2)24(21,22)18-10-15-19-20-16(23-15)13-5-7-17-8-6-13/h3-9,18H,10H2,1-2H3. The van der Waals surface area contributed by atoms with E-state index in [-0.39, 0.29) is 17.3 Å². The van der Waals surface area contributed by atoms with Crippen LogP contribution in [0.25, 0.3) is 11.5 Å². The molecular weight excluding hydrogens is 328 g/mol. The topological polar surface area (TPSA) is 98.0 Å². The van der Waals surface area contributed by atoms with Crippen molar-refractivity contribution in [3.8, 4) is 11.5 Å². The van der Waals surface area contributed by atoms with Crippen LogP contribution >= 0.6 is 0 Å². The third-order valence-corrected chi connectivity index (χ3v) is 5.00. The second-order valence-corrected chi connectivity index (χ2v) is 7.07. The van der Waals surface area contributed by atoms with E-state index in [1.165, 1.54) is 0 Å². The average Bonchev–Trinajstić information content (AvgIpc) is 3.05. The molecule has 2 heterocycles. The highest BCUT2D eigenvalue weighted by Gasteiger charge is 2.16. The van der Waals surface area contributed by atoms with Gasteiger partial charge in [-0.1, -0.05) is 6.07 Å². The number of rotatable bonds is 5. The Hall–Kier alpha value is -2.58. The van der Waals surface area contributed by atoms with Crippen LogP contribution < -0.4 is 4.72 Å². The number of benzene rings is 1. The molecule has 124 valence electrons. The zero-order chi connectivity index (χ0) is 17.2. The van der Waals surface area contributed by atoms with Gasteiger partial charge in [0.15, 0.2) is 0 Å². The highest BCUT2D eigenvalue weighted by atomic mass is 32.2. The maximum atomic E-state index is 12.3. The first-order valence-corrected chi connectivity index (χ1v) is 8.74. The Morgan fingerprint density at radius 3 is 2.50 bits per heavy atom. The van der Waals surface area contributed by atoms with Crippen LogP contribution in [-0.2, 0) is 16.6 Å². The number of nitrogens with zero attached hydrogens (tertiary/aromatic N) is 3. The van der Waals surface area contributed by atoms with E-state index in [1.807, 2.05) is 13.8 Å². The van der Waals surface area contributed by atoms with Crippen molar-refractivity contribution in [2.24, 2.45) is 0 Å². The van der Waals surface area contributed by atoms with E-state index in [9.17, 15) is 8.42 Å². The number of pyridine rings is 1. The minimum atomic E-state index is -3.64. The van der Waals surface area contributed by atoms with Crippen molar-refractivity contribution >= 4 is 10.0 Å². The Balaban J connectivity index is 1.73. The van der Waals surface area contributed by atoms with E-state index in [2.05, 4.69) is 19.9 Å². The van der Waals surface area contributed by atoms with Gasteiger partial charge in [-0.05, 0) is 49.2 Å². The number of hydrogen-bond donors (Lipinski definition) is 1. The van der Waals surface area contributed by atoms with Crippen molar-refractivity contribution in [2.75, 3.05) is 0 Å². The van der Waals surface area contributed by atoms with Gasteiger partial charge in [0.2, 0.25) is 21.8 Å². The fourth-order valence-corrected chi connectivity index (χ4v) is 3.12. The largest absolute Gasteiger partial charge is 0.419 e. The van der Waals surface area contributed by atoms with Crippen LogP contribution in [0.4, 0.5) is 0 Å². The van der Waals surface area contributed by atoms with Gasteiger partial charge in [0.25, 0.3) is 0 Å². The zero-order valence-corrected chi connectivity index (χ0v) is 14.0. The molecule has 0 aliphatic carbocycles. The molecule has 1 aromatic carbocycles. The maximum Gasteiger partial charge on any atom is 0.247 e. The van der Waals surface area contributed by atoms with Crippen molar-refractivity contribution in [1.82, 2.24) is 19.9 Å². The normalized spacial score (nSPS) is 11.6. The van der Waals surface area contributed by atoms with Gasteiger partial charge in [-0.15, -0.1) is 10.2 Å². The minimum Gasteiger partial charge on any atom is -0.419 e. The van der Waals surface area contributed by atoms with Gasteiger partial charge in [0, 0.05) is 18.0 Å². The Kier molecular flexibility index (Phi) is 4.41. The summed E-state index contributed by atoms with van der Waals surface area (Å²) >= 11 is 0. The Bertz CT molecular complexity index is 952. The molecule has 0 saturated carbocycles. The van der Waals surface area contributed by atoms with Crippen molar-refractivity contribution < 1.29 is 12.8 Å². The Morgan fingerprint density at radius 1 is 1.04 bits per heavy atom. The number of nitrogens with one attached hydrogen (secondary N) is 1. The SMILES string of the molecule is Cc1ccc(S(=O)(=O)NCc2nnc(-c3ccncc3)o2)cc1C. The quantitative estimate of drug-likeness (QED) is 0.762. The highest BCUT2D eigenvalue weighted by molar-refractivity contribution is 7.89. The lowest BCUT2D eigenvalue weighted by atomic mass is 10.1. The first-order chi connectivity index (χ1) is 11.5. The zero-order valence-electron chi connectivity index (χ0n) is 13.2. The summed E-state index contributed by atoms with van der Waals surface area (Å²) in [5.41, 5.74) is 2.67. The molecule has 7 nitrogen and oxygen atoms in total. The van der Waals surface area contributed by atoms with Crippen molar-refractivity contribution in [1.29, 1.82) is 0 Å². The fourth-order valence-electron chi connectivity index (χ4n) is 2.06. The summed E-state index contributed by atoms with van der Waals surface area (Å²) in [6.07, 6.45) is 3.23. The summed E-state index contributed by atoms with van der Waals surface area (Å²) in [6.45, 7) is 3.72. The molecule has 0 amide bonds.